The second kappa shape index (κ2) is 6.18. The molecule has 0 bridgehead atoms. The third-order valence-electron chi connectivity index (χ3n) is 2.68. The van der Waals surface area contributed by atoms with Gasteiger partial charge in [-0.2, -0.15) is 0 Å². The normalized spacial score (nSPS) is 15.5. The molecule has 0 radical (unpaired) electrons. The van der Waals surface area contributed by atoms with Crippen molar-refractivity contribution in [1.29, 1.82) is 0 Å². The monoisotopic (exact) mass is 386 g/mol. The number of benzene rings is 1. The van der Waals surface area contributed by atoms with Crippen molar-refractivity contribution >= 4 is 54.8 Å². The van der Waals surface area contributed by atoms with Crippen LogP contribution in [-0.4, -0.2) is 26.8 Å². The highest BCUT2D eigenvalue weighted by atomic mass is 79.9. The topological polar surface area (TPSA) is 58.2 Å². The fourth-order valence-corrected chi connectivity index (χ4v) is 3.38. The number of sulfonamides is 1. The van der Waals surface area contributed by atoms with Crippen LogP contribution in [0.2, 0.25) is 10.0 Å². The van der Waals surface area contributed by atoms with Crippen LogP contribution in [0.25, 0.3) is 0 Å². The number of hydrogen-bond acceptors (Lipinski definition) is 3. The molecule has 0 atom stereocenters. The lowest BCUT2D eigenvalue weighted by molar-refractivity contribution is 0.595. The maximum Gasteiger partial charge on any atom is 0.234 e. The summed E-state index contributed by atoms with van der Waals surface area (Å²) in [6.45, 7) is 0.432. The van der Waals surface area contributed by atoms with E-state index in [0.717, 1.165) is 12.8 Å². The first-order chi connectivity index (χ1) is 8.89. The van der Waals surface area contributed by atoms with Crippen molar-refractivity contribution in [2.45, 2.75) is 18.9 Å². The molecule has 1 aromatic rings. The van der Waals surface area contributed by atoms with Gasteiger partial charge in [0, 0.05) is 17.1 Å². The molecule has 0 spiro atoms. The van der Waals surface area contributed by atoms with Crippen LogP contribution in [0.15, 0.2) is 16.6 Å². The highest BCUT2D eigenvalue weighted by Gasteiger charge is 2.21. The van der Waals surface area contributed by atoms with Crippen molar-refractivity contribution in [1.82, 2.24) is 5.32 Å². The SMILES string of the molecule is O=S(=O)(CCNC1CC1)Nc1ccc(Br)c(Cl)c1Cl. The van der Waals surface area contributed by atoms with E-state index in [1.807, 2.05) is 0 Å². The maximum atomic E-state index is 11.9. The van der Waals surface area contributed by atoms with Gasteiger partial charge in [-0.05, 0) is 40.9 Å². The Labute approximate surface area is 131 Å². The van der Waals surface area contributed by atoms with Crippen LogP contribution in [0.4, 0.5) is 5.69 Å². The minimum atomic E-state index is -3.43. The molecule has 2 N–H and O–H groups in total. The molecule has 0 unspecified atom stereocenters. The quantitative estimate of drug-likeness (QED) is 0.736. The Morgan fingerprint density at radius 1 is 1.26 bits per heavy atom. The summed E-state index contributed by atoms with van der Waals surface area (Å²) >= 11 is 15.2. The van der Waals surface area contributed by atoms with Crippen molar-refractivity contribution in [2.24, 2.45) is 0 Å². The Bertz CT molecular complexity index is 576. The van der Waals surface area contributed by atoms with Crippen molar-refractivity contribution in [2.75, 3.05) is 17.0 Å². The van der Waals surface area contributed by atoms with Crippen LogP contribution < -0.4 is 10.0 Å². The van der Waals surface area contributed by atoms with Crippen LogP contribution in [0.5, 0.6) is 0 Å². The summed E-state index contributed by atoms with van der Waals surface area (Å²) in [6, 6.07) is 3.71. The van der Waals surface area contributed by atoms with Crippen LogP contribution in [0.1, 0.15) is 12.8 Å². The van der Waals surface area contributed by atoms with E-state index in [1.54, 1.807) is 12.1 Å². The van der Waals surface area contributed by atoms with E-state index in [4.69, 9.17) is 23.2 Å². The molecule has 0 aromatic heterocycles. The standard InChI is InChI=1S/C11H13BrCl2N2O2S/c12-8-3-4-9(11(14)10(8)13)16-19(17,18)6-5-15-7-1-2-7/h3-4,7,15-16H,1-2,5-6H2. The first-order valence-electron chi connectivity index (χ1n) is 5.76. The Kier molecular flexibility index (Phi) is 5.00. The Morgan fingerprint density at radius 3 is 2.58 bits per heavy atom. The summed E-state index contributed by atoms with van der Waals surface area (Å²) in [5.74, 6) is 0.00745. The Morgan fingerprint density at radius 2 is 1.95 bits per heavy atom. The van der Waals surface area contributed by atoms with Crippen molar-refractivity contribution in [3.8, 4) is 0 Å². The largest absolute Gasteiger partial charge is 0.313 e. The Hall–Kier alpha value is -0.0100. The highest BCUT2D eigenvalue weighted by molar-refractivity contribution is 9.10. The molecule has 1 aromatic carbocycles. The number of anilines is 1. The summed E-state index contributed by atoms with van der Waals surface area (Å²) in [4.78, 5) is 0. The zero-order valence-corrected chi connectivity index (χ0v) is 13.8. The van der Waals surface area contributed by atoms with Gasteiger partial charge in [-0.15, -0.1) is 0 Å². The molecular weight excluding hydrogens is 375 g/mol. The molecule has 19 heavy (non-hydrogen) atoms. The first-order valence-corrected chi connectivity index (χ1v) is 8.96. The van der Waals surface area contributed by atoms with Gasteiger partial charge in [-0.3, -0.25) is 4.72 Å². The zero-order valence-electron chi connectivity index (χ0n) is 9.92. The fraction of sp³-hybridized carbons (Fsp3) is 0.455. The molecule has 0 saturated heterocycles. The van der Waals surface area contributed by atoms with Gasteiger partial charge in [0.05, 0.1) is 21.5 Å². The molecule has 0 amide bonds. The van der Waals surface area contributed by atoms with E-state index in [-0.39, 0.29) is 15.8 Å². The summed E-state index contributed by atoms with van der Waals surface area (Å²) in [7, 11) is -3.43. The van der Waals surface area contributed by atoms with Crippen molar-refractivity contribution in [3.05, 3.63) is 26.7 Å². The minimum Gasteiger partial charge on any atom is -0.313 e. The second-order valence-corrected chi connectivity index (χ2v) is 7.82. The molecule has 2 rings (SSSR count). The van der Waals surface area contributed by atoms with E-state index >= 15 is 0 Å². The predicted molar refractivity (Wildman–Crippen MR) is 82.6 cm³/mol. The fourth-order valence-electron chi connectivity index (χ4n) is 1.51. The third-order valence-corrected chi connectivity index (χ3v) is 5.73. The number of rotatable bonds is 6. The lowest BCUT2D eigenvalue weighted by atomic mass is 10.3. The van der Waals surface area contributed by atoms with E-state index in [2.05, 4.69) is 26.0 Å². The molecule has 1 aliphatic rings. The van der Waals surface area contributed by atoms with Crippen molar-refractivity contribution in [3.63, 3.8) is 0 Å². The summed E-state index contributed by atoms with van der Waals surface area (Å²) in [5.41, 5.74) is 0.293. The van der Waals surface area contributed by atoms with Gasteiger partial charge in [-0.1, -0.05) is 23.2 Å². The van der Waals surface area contributed by atoms with Gasteiger partial charge in [0.2, 0.25) is 10.0 Å². The zero-order chi connectivity index (χ0) is 14.0. The van der Waals surface area contributed by atoms with E-state index < -0.39 is 10.0 Å². The molecule has 4 nitrogen and oxygen atoms in total. The van der Waals surface area contributed by atoms with Crippen LogP contribution in [0, 0.1) is 0 Å². The summed E-state index contributed by atoms with van der Waals surface area (Å²) < 4.78 is 26.8. The molecular formula is C11H13BrCl2N2O2S. The molecule has 0 heterocycles. The lowest BCUT2D eigenvalue weighted by Gasteiger charge is -2.11. The van der Waals surface area contributed by atoms with E-state index in [0.29, 0.717) is 22.7 Å². The second-order valence-electron chi connectivity index (χ2n) is 4.37. The molecule has 1 saturated carbocycles. The molecule has 1 fully saturated rings. The molecule has 0 aliphatic heterocycles. The van der Waals surface area contributed by atoms with Gasteiger partial charge < -0.3 is 5.32 Å². The van der Waals surface area contributed by atoms with Gasteiger partial charge in [0.1, 0.15) is 0 Å². The summed E-state index contributed by atoms with van der Waals surface area (Å²) in [5, 5.41) is 3.63. The van der Waals surface area contributed by atoms with Gasteiger partial charge in [0.25, 0.3) is 0 Å². The van der Waals surface area contributed by atoms with Crippen LogP contribution in [-0.2, 0) is 10.0 Å². The van der Waals surface area contributed by atoms with E-state index in [1.165, 1.54) is 0 Å². The number of hydrogen-bond donors (Lipinski definition) is 2. The van der Waals surface area contributed by atoms with Gasteiger partial charge in [0.15, 0.2) is 0 Å². The smallest absolute Gasteiger partial charge is 0.234 e. The average Bonchev–Trinajstić information content (AvgIpc) is 3.14. The summed E-state index contributed by atoms with van der Waals surface area (Å²) in [6.07, 6.45) is 2.25. The maximum absolute atomic E-state index is 11.9. The molecule has 106 valence electrons. The number of halogens is 3. The first kappa shape index (κ1) is 15.4. The lowest BCUT2D eigenvalue weighted by Crippen LogP contribution is -2.28. The molecule has 8 heteroatoms. The number of nitrogens with one attached hydrogen (secondary N) is 2. The van der Waals surface area contributed by atoms with Gasteiger partial charge in [-0.25, -0.2) is 8.42 Å². The van der Waals surface area contributed by atoms with E-state index in [9.17, 15) is 8.42 Å². The van der Waals surface area contributed by atoms with Crippen LogP contribution in [0.3, 0.4) is 0 Å². The Balaban J connectivity index is 2.00. The third kappa shape index (κ3) is 4.49. The van der Waals surface area contributed by atoms with Crippen LogP contribution >= 0.6 is 39.1 Å². The highest BCUT2D eigenvalue weighted by Crippen LogP contribution is 2.36. The van der Waals surface area contributed by atoms with Crippen molar-refractivity contribution < 1.29 is 8.42 Å². The molecule has 1 aliphatic carbocycles. The predicted octanol–water partition coefficient (Wildman–Crippen LogP) is 3.25. The van der Waals surface area contributed by atoms with Gasteiger partial charge >= 0.3 is 0 Å². The average molecular weight is 388 g/mol. The minimum absolute atomic E-state index is 0.00745.